The molecule has 0 unspecified atom stereocenters. The van der Waals surface area contributed by atoms with Gasteiger partial charge in [-0.25, -0.2) is 0 Å². The molecule has 4 nitrogen and oxygen atoms in total. The van der Waals surface area contributed by atoms with Crippen molar-refractivity contribution >= 4 is 23.2 Å². The van der Waals surface area contributed by atoms with E-state index in [9.17, 15) is 9.59 Å². The quantitative estimate of drug-likeness (QED) is 0.820. The predicted octanol–water partition coefficient (Wildman–Crippen LogP) is 4.09. The average Bonchev–Trinajstić information content (AvgIpc) is 2.43. The number of hydrogen-bond acceptors (Lipinski definition) is 2. The number of anilines is 2. The van der Waals surface area contributed by atoms with E-state index in [0.29, 0.717) is 18.8 Å². The van der Waals surface area contributed by atoms with Gasteiger partial charge in [0.15, 0.2) is 0 Å². The monoisotopic (exact) mass is 318 g/mol. The molecular weight excluding hydrogens is 288 g/mol. The third kappa shape index (κ3) is 6.05. The van der Waals surface area contributed by atoms with Crippen LogP contribution in [0.1, 0.15) is 47.5 Å². The van der Waals surface area contributed by atoms with E-state index in [1.807, 2.05) is 38.1 Å². The summed E-state index contributed by atoms with van der Waals surface area (Å²) < 4.78 is 0. The summed E-state index contributed by atoms with van der Waals surface area (Å²) in [6.45, 7) is 10.2. The molecule has 0 heterocycles. The Morgan fingerprint density at radius 1 is 0.913 bits per heavy atom. The van der Waals surface area contributed by atoms with E-state index in [1.54, 1.807) is 23.9 Å². The van der Waals surface area contributed by atoms with Crippen LogP contribution in [-0.2, 0) is 9.59 Å². The Kier molecular flexibility index (Phi) is 6.37. The molecule has 0 bridgehead atoms. The first-order valence-corrected chi connectivity index (χ1v) is 8.14. The minimum absolute atomic E-state index is 0.0330. The fraction of sp³-hybridized carbons (Fsp3) is 0.579. The van der Waals surface area contributed by atoms with Crippen molar-refractivity contribution in [2.75, 3.05) is 23.9 Å². The van der Waals surface area contributed by atoms with Crippen LogP contribution >= 0.6 is 0 Å². The molecule has 2 amide bonds. The van der Waals surface area contributed by atoms with Gasteiger partial charge in [0.1, 0.15) is 0 Å². The minimum Gasteiger partial charge on any atom is -0.315 e. The molecule has 1 aromatic carbocycles. The molecule has 0 radical (unpaired) electrons. The number of carbonyl (C=O) groups is 2. The van der Waals surface area contributed by atoms with Crippen molar-refractivity contribution in [1.29, 1.82) is 0 Å². The summed E-state index contributed by atoms with van der Waals surface area (Å²) >= 11 is 0. The van der Waals surface area contributed by atoms with Crippen LogP contribution in [0.5, 0.6) is 0 Å². The molecule has 0 aromatic heterocycles. The van der Waals surface area contributed by atoms with Gasteiger partial charge in [-0.05, 0) is 35.6 Å². The Hall–Kier alpha value is -1.84. The minimum atomic E-state index is -0.0330. The molecule has 0 aliphatic heterocycles. The van der Waals surface area contributed by atoms with Crippen LogP contribution in [0.3, 0.4) is 0 Å². The first-order chi connectivity index (χ1) is 10.5. The van der Waals surface area contributed by atoms with Crippen molar-refractivity contribution in [1.82, 2.24) is 0 Å². The highest BCUT2D eigenvalue weighted by atomic mass is 16.2. The Morgan fingerprint density at radius 2 is 1.30 bits per heavy atom. The summed E-state index contributed by atoms with van der Waals surface area (Å²) in [4.78, 5) is 27.7. The summed E-state index contributed by atoms with van der Waals surface area (Å²) in [5.74, 6) is 0.532. The average molecular weight is 318 g/mol. The highest BCUT2D eigenvalue weighted by molar-refractivity contribution is 5.95. The van der Waals surface area contributed by atoms with E-state index < -0.39 is 0 Å². The lowest BCUT2D eigenvalue weighted by molar-refractivity contribution is -0.120. The zero-order chi connectivity index (χ0) is 17.8. The van der Waals surface area contributed by atoms with Crippen molar-refractivity contribution in [3.63, 3.8) is 0 Å². The molecule has 0 spiro atoms. The van der Waals surface area contributed by atoms with Crippen LogP contribution in [0.15, 0.2) is 24.3 Å². The Labute approximate surface area is 140 Å². The van der Waals surface area contributed by atoms with Crippen LogP contribution in [-0.4, -0.2) is 25.9 Å². The summed E-state index contributed by atoms with van der Waals surface area (Å²) in [5, 5.41) is 0. The van der Waals surface area contributed by atoms with Gasteiger partial charge in [-0.2, -0.15) is 0 Å². The second-order valence-electron chi connectivity index (χ2n) is 7.76. The second-order valence-corrected chi connectivity index (χ2v) is 7.76. The van der Waals surface area contributed by atoms with Crippen molar-refractivity contribution < 1.29 is 9.59 Å². The van der Waals surface area contributed by atoms with Crippen LogP contribution in [0.25, 0.3) is 0 Å². The number of benzene rings is 1. The van der Waals surface area contributed by atoms with Gasteiger partial charge in [-0.1, -0.05) is 34.6 Å². The maximum absolute atomic E-state index is 12.3. The lowest BCUT2D eigenvalue weighted by Crippen LogP contribution is -2.30. The van der Waals surface area contributed by atoms with Crippen LogP contribution in [0, 0.1) is 11.3 Å². The Balaban J connectivity index is 2.80. The summed E-state index contributed by atoms with van der Waals surface area (Å²) in [5.41, 5.74) is 1.65. The van der Waals surface area contributed by atoms with E-state index in [1.165, 1.54) is 0 Å². The third-order valence-corrected chi connectivity index (χ3v) is 3.64. The lowest BCUT2D eigenvalue weighted by Gasteiger charge is -2.24. The molecule has 4 heteroatoms. The van der Waals surface area contributed by atoms with E-state index >= 15 is 0 Å². The number of rotatable bonds is 5. The molecule has 1 rings (SSSR count). The second kappa shape index (κ2) is 7.62. The van der Waals surface area contributed by atoms with Gasteiger partial charge in [0, 0.05) is 38.3 Å². The zero-order valence-corrected chi connectivity index (χ0v) is 15.5. The van der Waals surface area contributed by atoms with Crippen molar-refractivity contribution in [3.05, 3.63) is 24.3 Å². The molecule has 1 aromatic rings. The molecular formula is C19H30N2O2. The number of hydrogen-bond donors (Lipinski definition) is 0. The predicted molar refractivity (Wildman–Crippen MR) is 96.8 cm³/mol. The molecule has 0 fully saturated rings. The van der Waals surface area contributed by atoms with Crippen molar-refractivity contribution in [2.45, 2.75) is 47.5 Å². The number of carbonyl (C=O) groups excluding carboxylic acids is 2. The van der Waals surface area contributed by atoms with E-state index in [4.69, 9.17) is 0 Å². The number of amides is 2. The zero-order valence-electron chi connectivity index (χ0n) is 15.5. The highest BCUT2D eigenvalue weighted by Gasteiger charge is 2.20. The largest absolute Gasteiger partial charge is 0.315 e. The summed E-state index contributed by atoms with van der Waals surface area (Å²) in [6, 6.07) is 7.53. The maximum atomic E-state index is 12.3. The van der Waals surface area contributed by atoms with Crippen LogP contribution < -0.4 is 9.80 Å². The molecule has 23 heavy (non-hydrogen) atoms. The fourth-order valence-corrected chi connectivity index (χ4v) is 2.25. The molecule has 0 N–H and O–H groups in total. The fourth-order valence-electron chi connectivity index (χ4n) is 2.25. The van der Waals surface area contributed by atoms with Gasteiger partial charge >= 0.3 is 0 Å². The molecule has 128 valence electrons. The Morgan fingerprint density at radius 3 is 1.65 bits per heavy atom. The smallest absolute Gasteiger partial charge is 0.227 e. The van der Waals surface area contributed by atoms with Gasteiger partial charge < -0.3 is 9.80 Å². The van der Waals surface area contributed by atoms with E-state index in [-0.39, 0.29) is 17.2 Å². The topological polar surface area (TPSA) is 40.6 Å². The van der Waals surface area contributed by atoms with E-state index in [0.717, 1.165) is 11.4 Å². The SMILES string of the molecule is CC(C)CC(=O)N(C)c1ccc(N(C)C(=O)CC(C)(C)C)cc1. The lowest BCUT2D eigenvalue weighted by atomic mass is 9.91. The van der Waals surface area contributed by atoms with Gasteiger partial charge in [0.25, 0.3) is 0 Å². The van der Waals surface area contributed by atoms with Crippen molar-refractivity contribution in [2.24, 2.45) is 11.3 Å². The maximum Gasteiger partial charge on any atom is 0.227 e. The molecule has 0 aliphatic rings. The standard InChI is InChI=1S/C19H30N2O2/c1-14(2)12-17(22)20(6)15-8-10-16(11-9-15)21(7)18(23)13-19(3,4)5/h8-11,14H,12-13H2,1-7H3. The summed E-state index contributed by atoms with van der Waals surface area (Å²) in [6.07, 6.45) is 1.03. The number of nitrogens with zero attached hydrogens (tertiary/aromatic N) is 2. The Bertz CT molecular complexity index is 541. The first kappa shape index (κ1) is 19.2. The molecule has 0 saturated heterocycles. The normalized spacial score (nSPS) is 11.5. The molecule has 0 saturated carbocycles. The first-order valence-electron chi connectivity index (χ1n) is 8.14. The third-order valence-electron chi connectivity index (χ3n) is 3.64. The summed E-state index contributed by atoms with van der Waals surface area (Å²) in [7, 11) is 3.57. The highest BCUT2D eigenvalue weighted by Crippen LogP contribution is 2.24. The van der Waals surface area contributed by atoms with Gasteiger partial charge in [-0.3, -0.25) is 9.59 Å². The van der Waals surface area contributed by atoms with Gasteiger partial charge in [-0.15, -0.1) is 0 Å². The van der Waals surface area contributed by atoms with Crippen molar-refractivity contribution in [3.8, 4) is 0 Å². The van der Waals surface area contributed by atoms with Gasteiger partial charge in [0.05, 0.1) is 0 Å². The van der Waals surface area contributed by atoms with Gasteiger partial charge in [0.2, 0.25) is 11.8 Å². The van der Waals surface area contributed by atoms with Crippen LogP contribution in [0.4, 0.5) is 11.4 Å². The molecule has 0 atom stereocenters. The molecule has 0 aliphatic carbocycles. The van der Waals surface area contributed by atoms with Crippen LogP contribution in [0.2, 0.25) is 0 Å². The van der Waals surface area contributed by atoms with E-state index in [2.05, 4.69) is 20.8 Å².